The molecule has 1 fully saturated rings. The fraction of sp³-hybridized carbons (Fsp3) is 0.214. The number of rotatable bonds is 5. The molecule has 188 valence electrons. The third-order valence-electron chi connectivity index (χ3n) is 6.35. The molecule has 0 radical (unpaired) electrons. The topological polar surface area (TPSA) is 105 Å². The van der Waals surface area contributed by atoms with Crippen LogP contribution in [0.5, 0.6) is 0 Å². The highest BCUT2D eigenvalue weighted by Gasteiger charge is 2.22. The number of aromatic nitrogens is 4. The standard InChI is InChI=1S/C26H21ClN6O2.C2H6/c27-21-11-16(9-10-19(21)23-17-5-1-2-6-18(17)25(34)31-30-23)29-26(35)24-20-7-3-4-8-22(20)33(32-24)14-15-12-28-13-15;1-2/h1-11,15,28H,12-14H2,(H,29,35)(H,31,34);1-2H3. The van der Waals surface area contributed by atoms with Crippen molar-refractivity contribution in [3.8, 4) is 11.3 Å². The van der Waals surface area contributed by atoms with Gasteiger partial charge in [0, 0.05) is 47.6 Å². The van der Waals surface area contributed by atoms with Crippen molar-refractivity contribution in [2.24, 2.45) is 5.92 Å². The van der Waals surface area contributed by atoms with Gasteiger partial charge in [-0.05, 0) is 30.3 Å². The second-order valence-electron chi connectivity index (χ2n) is 8.67. The first-order valence-electron chi connectivity index (χ1n) is 12.3. The molecule has 8 nitrogen and oxygen atoms in total. The monoisotopic (exact) mass is 514 g/mol. The summed E-state index contributed by atoms with van der Waals surface area (Å²) in [5.74, 6) is 0.210. The Bertz CT molecular complexity index is 1650. The minimum absolute atomic E-state index is 0.260. The summed E-state index contributed by atoms with van der Waals surface area (Å²) in [6.45, 7) is 6.68. The van der Waals surface area contributed by atoms with E-state index in [1.165, 1.54) is 0 Å². The first kappa shape index (κ1) is 24.7. The number of H-pyrrole nitrogens is 1. The Kier molecular flexibility index (Phi) is 7.03. The van der Waals surface area contributed by atoms with Gasteiger partial charge in [0.2, 0.25) is 0 Å². The number of nitrogens with one attached hydrogen (secondary N) is 3. The Morgan fingerprint density at radius 2 is 1.73 bits per heavy atom. The van der Waals surface area contributed by atoms with E-state index in [2.05, 4.69) is 25.9 Å². The van der Waals surface area contributed by atoms with E-state index in [-0.39, 0.29) is 11.5 Å². The zero-order valence-corrected chi connectivity index (χ0v) is 21.3. The lowest BCUT2D eigenvalue weighted by molar-refractivity contribution is 0.102. The van der Waals surface area contributed by atoms with Crippen molar-refractivity contribution >= 4 is 44.9 Å². The van der Waals surface area contributed by atoms with Crippen molar-refractivity contribution in [1.29, 1.82) is 0 Å². The molecule has 1 aliphatic rings. The molecule has 6 rings (SSSR count). The van der Waals surface area contributed by atoms with Crippen LogP contribution in [0.1, 0.15) is 24.3 Å². The van der Waals surface area contributed by atoms with Crippen LogP contribution in [0.3, 0.4) is 0 Å². The van der Waals surface area contributed by atoms with Crippen LogP contribution in [-0.2, 0) is 6.54 Å². The van der Waals surface area contributed by atoms with Gasteiger partial charge in [-0.1, -0.05) is 61.8 Å². The van der Waals surface area contributed by atoms with Crippen molar-refractivity contribution in [3.63, 3.8) is 0 Å². The highest BCUT2D eigenvalue weighted by Crippen LogP contribution is 2.32. The molecule has 37 heavy (non-hydrogen) atoms. The summed E-state index contributed by atoms with van der Waals surface area (Å²) < 4.78 is 1.92. The van der Waals surface area contributed by atoms with Crippen LogP contribution in [-0.4, -0.2) is 39.0 Å². The first-order chi connectivity index (χ1) is 18.1. The quantitative estimate of drug-likeness (QED) is 0.303. The van der Waals surface area contributed by atoms with Gasteiger partial charge in [-0.25, -0.2) is 5.10 Å². The molecule has 1 amide bonds. The first-order valence-corrected chi connectivity index (χ1v) is 12.7. The summed E-state index contributed by atoms with van der Waals surface area (Å²) >= 11 is 6.60. The van der Waals surface area contributed by atoms with Crippen molar-refractivity contribution in [1.82, 2.24) is 25.3 Å². The average Bonchev–Trinajstić information content (AvgIpc) is 3.27. The second kappa shape index (κ2) is 10.5. The Morgan fingerprint density at radius 3 is 2.43 bits per heavy atom. The number of amides is 1. The van der Waals surface area contributed by atoms with Gasteiger partial charge in [-0.3, -0.25) is 14.3 Å². The maximum Gasteiger partial charge on any atom is 0.276 e. The van der Waals surface area contributed by atoms with E-state index in [1.807, 2.05) is 54.9 Å². The van der Waals surface area contributed by atoms with Crippen LogP contribution in [0.25, 0.3) is 32.9 Å². The van der Waals surface area contributed by atoms with Gasteiger partial charge < -0.3 is 10.6 Å². The SMILES string of the molecule is CC.O=C(Nc1ccc(-c2n[nH]c(=O)c3ccccc23)c(Cl)c1)c1nn(CC2CNC2)c2ccccc12. The van der Waals surface area contributed by atoms with Crippen LogP contribution >= 0.6 is 11.6 Å². The molecule has 0 unspecified atom stereocenters. The van der Waals surface area contributed by atoms with Gasteiger partial charge in [0.1, 0.15) is 5.69 Å². The van der Waals surface area contributed by atoms with Gasteiger partial charge >= 0.3 is 0 Å². The fourth-order valence-electron chi connectivity index (χ4n) is 4.45. The minimum atomic E-state index is -0.303. The molecule has 9 heteroatoms. The number of aromatic amines is 1. The zero-order valence-electron chi connectivity index (χ0n) is 20.6. The van der Waals surface area contributed by atoms with E-state index in [4.69, 9.17) is 11.6 Å². The summed E-state index contributed by atoms with van der Waals surface area (Å²) in [4.78, 5) is 25.3. The molecule has 1 saturated heterocycles. The number of nitrogens with zero attached hydrogens (tertiary/aromatic N) is 3. The number of carbonyl (C=O) groups excluding carboxylic acids is 1. The third-order valence-corrected chi connectivity index (χ3v) is 6.66. The van der Waals surface area contributed by atoms with Gasteiger partial charge in [0.05, 0.1) is 15.9 Å². The van der Waals surface area contributed by atoms with E-state index in [1.54, 1.807) is 30.3 Å². The summed E-state index contributed by atoms with van der Waals surface area (Å²) in [5.41, 5.74) is 2.82. The number of carbonyl (C=O) groups is 1. The van der Waals surface area contributed by atoms with E-state index >= 15 is 0 Å². The molecule has 2 aromatic heterocycles. The number of hydrogen-bond donors (Lipinski definition) is 3. The third kappa shape index (κ3) is 4.73. The van der Waals surface area contributed by atoms with E-state index in [9.17, 15) is 9.59 Å². The molecule has 0 spiro atoms. The number of benzene rings is 3. The second-order valence-corrected chi connectivity index (χ2v) is 9.08. The summed E-state index contributed by atoms with van der Waals surface area (Å²) in [7, 11) is 0. The molecule has 0 atom stereocenters. The van der Waals surface area contributed by atoms with Crippen LogP contribution in [0.4, 0.5) is 5.69 Å². The minimum Gasteiger partial charge on any atom is -0.321 e. The Balaban J connectivity index is 0.00000137. The molecule has 0 saturated carbocycles. The van der Waals surface area contributed by atoms with Gasteiger partial charge in [0.15, 0.2) is 5.69 Å². The largest absolute Gasteiger partial charge is 0.321 e. The highest BCUT2D eigenvalue weighted by molar-refractivity contribution is 6.34. The maximum atomic E-state index is 13.2. The van der Waals surface area contributed by atoms with Gasteiger partial charge in [-0.2, -0.15) is 10.2 Å². The van der Waals surface area contributed by atoms with Crippen molar-refractivity contribution in [2.45, 2.75) is 20.4 Å². The Labute approximate surface area is 218 Å². The highest BCUT2D eigenvalue weighted by atomic mass is 35.5. The molecule has 1 aliphatic heterocycles. The number of hydrogen-bond acceptors (Lipinski definition) is 5. The lowest BCUT2D eigenvalue weighted by atomic mass is 10.0. The zero-order chi connectivity index (χ0) is 25.9. The van der Waals surface area contributed by atoms with Crippen molar-refractivity contribution in [3.05, 3.63) is 87.8 Å². The smallest absolute Gasteiger partial charge is 0.276 e. The normalized spacial score (nSPS) is 13.2. The van der Waals surface area contributed by atoms with Crippen molar-refractivity contribution in [2.75, 3.05) is 18.4 Å². The number of halogens is 1. The molecular formula is C28H27ClN6O2. The molecular weight excluding hydrogens is 488 g/mol. The van der Waals surface area contributed by atoms with Crippen LogP contribution in [0.2, 0.25) is 5.02 Å². The van der Waals surface area contributed by atoms with Gasteiger partial charge in [0.25, 0.3) is 11.5 Å². The number of anilines is 1. The van der Waals surface area contributed by atoms with E-state index < -0.39 is 0 Å². The van der Waals surface area contributed by atoms with Gasteiger partial charge in [-0.15, -0.1) is 0 Å². The fourth-order valence-corrected chi connectivity index (χ4v) is 4.72. The average molecular weight is 515 g/mol. The number of para-hydroxylation sites is 1. The predicted octanol–water partition coefficient (Wildman–Crippen LogP) is 5.09. The molecule has 3 heterocycles. The summed E-state index contributed by atoms with van der Waals surface area (Å²) in [6, 6.07) is 20.2. The Morgan fingerprint density at radius 1 is 1.03 bits per heavy atom. The lowest BCUT2D eigenvalue weighted by Gasteiger charge is -2.27. The van der Waals surface area contributed by atoms with Crippen LogP contribution in [0, 0.1) is 5.92 Å². The predicted molar refractivity (Wildman–Crippen MR) is 148 cm³/mol. The molecule has 0 aliphatic carbocycles. The molecule has 5 aromatic rings. The Hall–Kier alpha value is -4.01. The van der Waals surface area contributed by atoms with Crippen LogP contribution in [0.15, 0.2) is 71.5 Å². The lowest BCUT2D eigenvalue weighted by Crippen LogP contribution is -2.44. The van der Waals surface area contributed by atoms with E-state index in [0.717, 1.165) is 30.5 Å². The summed E-state index contributed by atoms with van der Waals surface area (Å²) in [6.07, 6.45) is 0. The number of fused-ring (bicyclic) bond motifs is 2. The van der Waals surface area contributed by atoms with Crippen LogP contribution < -0.4 is 16.2 Å². The van der Waals surface area contributed by atoms with E-state index in [0.29, 0.717) is 44.4 Å². The molecule has 3 aromatic carbocycles. The van der Waals surface area contributed by atoms with Crippen molar-refractivity contribution < 1.29 is 4.79 Å². The molecule has 0 bridgehead atoms. The summed E-state index contributed by atoms with van der Waals surface area (Å²) in [5, 5.41) is 20.0. The molecule has 3 N–H and O–H groups in total. The maximum absolute atomic E-state index is 13.2.